The molecule has 0 bridgehead atoms. The van der Waals surface area contributed by atoms with Gasteiger partial charge in [-0.1, -0.05) is 0 Å². The summed E-state index contributed by atoms with van der Waals surface area (Å²) in [7, 11) is 0. The van der Waals surface area contributed by atoms with E-state index in [9.17, 15) is 14.4 Å². The third-order valence-corrected chi connectivity index (χ3v) is 5.90. The molecule has 5 rings (SSSR count). The fourth-order valence-corrected chi connectivity index (χ4v) is 4.20. The number of nitrogens with zero attached hydrogens (tertiary/aromatic N) is 4. The van der Waals surface area contributed by atoms with Crippen molar-refractivity contribution in [1.82, 2.24) is 15.2 Å². The Morgan fingerprint density at radius 3 is 2.50 bits per heavy atom. The van der Waals surface area contributed by atoms with Crippen molar-refractivity contribution >= 4 is 35.3 Å². The maximum absolute atomic E-state index is 13.0. The molecule has 0 radical (unpaired) electrons. The zero-order valence-corrected chi connectivity index (χ0v) is 18.7. The molecule has 1 aromatic heterocycles. The van der Waals surface area contributed by atoms with Crippen molar-refractivity contribution in [3.8, 4) is 5.75 Å². The third-order valence-electron chi connectivity index (χ3n) is 5.90. The van der Waals surface area contributed by atoms with Crippen molar-refractivity contribution in [3.63, 3.8) is 0 Å². The highest BCUT2D eigenvalue weighted by molar-refractivity contribution is 6.34. The number of fused-ring (bicyclic) bond motifs is 1. The molecule has 1 saturated heterocycles. The van der Waals surface area contributed by atoms with E-state index in [0.29, 0.717) is 24.0 Å². The molecule has 34 heavy (non-hydrogen) atoms. The van der Waals surface area contributed by atoms with Gasteiger partial charge in [-0.25, -0.2) is 10.00 Å². The molecule has 0 saturated carbocycles. The van der Waals surface area contributed by atoms with Gasteiger partial charge >= 0.3 is 0 Å². The maximum Gasteiger partial charge on any atom is 0.266 e. The average Bonchev–Trinajstić information content (AvgIpc) is 3.43. The fourth-order valence-electron chi connectivity index (χ4n) is 4.20. The predicted octanol–water partition coefficient (Wildman–Crippen LogP) is 3.25. The van der Waals surface area contributed by atoms with Gasteiger partial charge in [0.2, 0.25) is 11.9 Å². The van der Waals surface area contributed by atoms with E-state index >= 15 is 0 Å². The summed E-state index contributed by atoms with van der Waals surface area (Å²) in [6, 6.07) is 11.2. The summed E-state index contributed by atoms with van der Waals surface area (Å²) in [6.07, 6.45) is 3.37. The molecule has 10 nitrogen and oxygen atoms in total. The van der Waals surface area contributed by atoms with E-state index in [1.807, 2.05) is 6.92 Å². The SMILES string of the molecule is CCOc1ccc(N2C(=O)c3ccc(C(=O)Nc4nc(N5CCCCC5)n[nH]4)cc3C2=O)cc1. The fraction of sp³-hybridized carbons (Fsp3) is 0.292. The zero-order valence-electron chi connectivity index (χ0n) is 18.7. The largest absolute Gasteiger partial charge is 0.494 e. The Kier molecular flexibility index (Phi) is 5.70. The molecule has 2 aliphatic rings. The topological polar surface area (TPSA) is 121 Å². The zero-order chi connectivity index (χ0) is 23.7. The van der Waals surface area contributed by atoms with Crippen molar-refractivity contribution in [2.45, 2.75) is 26.2 Å². The number of carbonyl (C=O) groups excluding carboxylic acids is 3. The number of ether oxygens (including phenoxy) is 1. The van der Waals surface area contributed by atoms with Crippen LogP contribution in [0.4, 0.5) is 17.6 Å². The molecule has 3 amide bonds. The molecule has 0 aliphatic carbocycles. The molecule has 2 N–H and O–H groups in total. The van der Waals surface area contributed by atoms with Crippen LogP contribution in [0.2, 0.25) is 0 Å². The number of H-pyrrole nitrogens is 1. The predicted molar refractivity (Wildman–Crippen MR) is 126 cm³/mol. The van der Waals surface area contributed by atoms with Crippen LogP contribution in [-0.2, 0) is 0 Å². The Morgan fingerprint density at radius 1 is 1.03 bits per heavy atom. The highest BCUT2D eigenvalue weighted by Gasteiger charge is 2.37. The van der Waals surface area contributed by atoms with E-state index in [4.69, 9.17) is 4.74 Å². The number of nitrogens with one attached hydrogen (secondary N) is 2. The van der Waals surface area contributed by atoms with Crippen molar-refractivity contribution < 1.29 is 19.1 Å². The highest BCUT2D eigenvalue weighted by Crippen LogP contribution is 2.30. The Bertz CT molecular complexity index is 1250. The summed E-state index contributed by atoms with van der Waals surface area (Å²) in [6.45, 7) is 4.17. The maximum atomic E-state index is 13.0. The number of piperidine rings is 1. The number of amides is 3. The second kappa shape index (κ2) is 8.97. The van der Waals surface area contributed by atoms with Crippen molar-refractivity contribution in [2.24, 2.45) is 0 Å². The average molecular weight is 460 g/mol. The van der Waals surface area contributed by atoms with Crippen LogP contribution in [-0.4, -0.2) is 52.6 Å². The molecule has 2 aliphatic heterocycles. The van der Waals surface area contributed by atoms with Crippen LogP contribution in [0.15, 0.2) is 42.5 Å². The number of aromatic nitrogens is 3. The summed E-state index contributed by atoms with van der Waals surface area (Å²) in [5.41, 5.74) is 1.11. The number of anilines is 3. The lowest BCUT2D eigenvalue weighted by Crippen LogP contribution is -2.30. The highest BCUT2D eigenvalue weighted by atomic mass is 16.5. The molecule has 3 heterocycles. The van der Waals surface area contributed by atoms with Gasteiger partial charge in [-0.3, -0.25) is 19.7 Å². The van der Waals surface area contributed by atoms with Crippen molar-refractivity contribution in [2.75, 3.05) is 34.8 Å². The van der Waals surface area contributed by atoms with Gasteiger partial charge in [-0.15, -0.1) is 5.10 Å². The number of hydrogen-bond donors (Lipinski definition) is 2. The van der Waals surface area contributed by atoms with Crippen LogP contribution in [0.1, 0.15) is 57.3 Å². The van der Waals surface area contributed by atoms with E-state index in [-0.39, 0.29) is 22.6 Å². The molecule has 10 heteroatoms. The van der Waals surface area contributed by atoms with E-state index in [0.717, 1.165) is 30.8 Å². The molecule has 1 fully saturated rings. The van der Waals surface area contributed by atoms with E-state index in [1.54, 1.807) is 24.3 Å². The molecule has 0 unspecified atom stereocenters. The molecule has 174 valence electrons. The first-order chi connectivity index (χ1) is 16.5. The van der Waals surface area contributed by atoms with E-state index in [2.05, 4.69) is 25.4 Å². The van der Waals surface area contributed by atoms with Gasteiger partial charge < -0.3 is 9.64 Å². The number of benzene rings is 2. The Labute approximate surface area is 195 Å². The first-order valence-corrected chi connectivity index (χ1v) is 11.3. The minimum absolute atomic E-state index is 0.179. The second-order valence-electron chi connectivity index (χ2n) is 8.12. The smallest absolute Gasteiger partial charge is 0.266 e. The molecular formula is C24H24N6O4. The number of imide groups is 1. The van der Waals surface area contributed by atoms with Gasteiger partial charge in [0.15, 0.2) is 0 Å². The van der Waals surface area contributed by atoms with Gasteiger partial charge in [-0.2, -0.15) is 4.98 Å². The minimum Gasteiger partial charge on any atom is -0.494 e. The second-order valence-corrected chi connectivity index (χ2v) is 8.12. The van der Waals surface area contributed by atoms with Crippen LogP contribution in [0.5, 0.6) is 5.75 Å². The summed E-state index contributed by atoms with van der Waals surface area (Å²) in [5.74, 6) is 0.0604. The van der Waals surface area contributed by atoms with Crippen LogP contribution in [0, 0.1) is 0 Å². The normalized spacial score (nSPS) is 15.4. The lowest BCUT2D eigenvalue weighted by Gasteiger charge is -2.24. The summed E-state index contributed by atoms with van der Waals surface area (Å²) in [4.78, 5) is 46.3. The van der Waals surface area contributed by atoms with E-state index in [1.165, 1.54) is 24.6 Å². The molecule has 0 spiro atoms. The van der Waals surface area contributed by atoms with Gasteiger partial charge in [0, 0.05) is 18.7 Å². The lowest BCUT2D eigenvalue weighted by molar-refractivity contribution is 0.0925. The molecule has 3 aromatic rings. The molecule has 2 aromatic carbocycles. The van der Waals surface area contributed by atoms with Gasteiger partial charge in [-0.05, 0) is 68.7 Å². The Balaban J connectivity index is 1.32. The lowest BCUT2D eigenvalue weighted by atomic mass is 10.1. The van der Waals surface area contributed by atoms with Crippen LogP contribution >= 0.6 is 0 Å². The first kappa shape index (κ1) is 21.6. The summed E-state index contributed by atoms with van der Waals surface area (Å²) < 4.78 is 5.42. The summed E-state index contributed by atoms with van der Waals surface area (Å²) >= 11 is 0. The van der Waals surface area contributed by atoms with Gasteiger partial charge in [0.25, 0.3) is 17.7 Å². The van der Waals surface area contributed by atoms with Crippen LogP contribution in [0.3, 0.4) is 0 Å². The minimum atomic E-state index is -0.481. The standard InChI is InChI=1S/C24H24N6O4/c1-2-34-17-9-7-16(8-10-17)30-21(32)18-11-6-15(14-19(18)22(30)33)20(31)25-23-26-24(28-27-23)29-12-4-3-5-13-29/h6-11,14H,2-5,12-13H2,1H3,(H2,25,26,27,28,31). The van der Waals surface area contributed by atoms with Crippen LogP contribution in [0.25, 0.3) is 0 Å². The number of rotatable bonds is 6. The Morgan fingerprint density at radius 2 is 1.76 bits per heavy atom. The quantitative estimate of drug-likeness (QED) is 0.542. The van der Waals surface area contributed by atoms with Crippen LogP contribution < -0.4 is 19.9 Å². The summed E-state index contributed by atoms with van der Waals surface area (Å²) in [5, 5.41) is 9.61. The Hall–Kier alpha value is -4.21. The molecular weight excluding hydrogens is 436 g/mol. The van der Waals surface area contributed by atoms with Crippen molar-refractivity contribution in [1.29, 1.82) is 0 Å². The van der Waals surface area contributed by atoms with Crippen molar-refractivity contribution in [3.05, 3.63) is 59.2 Å². The monoisotopic (exact) mass is 460 g/mol. The van der Waals surface area contributed by atoms with E-state index < -0.39 is 17.7 Å². The third kappa shape index (κ3) is 3.98. The van der Waals surface area contributed by atoms with Gasteiger partial charge in [0.05, 0.1) is 23.4 Å². The number of aromatic amines is 1. The number of hydrogen-bond acceptors (Lipinski definition) is 7. The first-order valence-electron chi connectivity index (χ1n) is 11.3. The molecule has 0 atom stereocenters. The van der Waals surface area contributed by atoms with Gasteiger partial charge in [0.1, 0.15) is 5.75 Å². The number of carbonyl (C=O) groups is 3.